The maximum Gasteiger partial charge on any atom is 0.251 e. The van der Waals surface area contributed by atoms with Gasteiger partial charge in [0.15, 0.2) is 0 Å². The largest absolute Gasteiger partial charge is 0.388 e. The van der Waals surface area contributed by atoms with Crippen LogP contribution < -0.4 is 10.2 Å². The molecule has 1 aliphatic carbocycles. The molecular formula is C18H28N2O2. The number of benzene rings is 1. The predicted octanol–water partition coefficient (Wildman–Crippen LogP) is 2.96. The van der Waals surface area contributed by atoms with Gasteiger partial charge in [-0.2, -0.15) is 0 Å². The van der Waals surface area contributed by atoms with Crippen molar-refractivity contribution in [2.24, 2.45) is 0 Å². The Morgan fingerprint density at radius 3 is 2.36 bits per heavy atom. The zero-order chi connectivity index (χ0) is 16.2. The molecule has 2 N–H and O–H groups in total. The highest BCUT2D eigenvalue weighted by Crippen LogP contribution is 2.28. The SMILES string of the molecule is CCN(c1ccc(C(=O)NCC2(O)CCCC2)cc1)C(C)C. The Labute approximate surface area is 133 Å². The molecule has 4 nitrogen and oxygen atoms in total. The smallest absolute Gasteiger partial charge is 0.251 e. The van der Waals surface area contributed by atoms with Gasteiger partial charge in [-0.25, -0.2) is 0 Å². The van der Waals surface area contributed by atoms with Gasteiger partial charge < -0.3 is 15.3 Å². The van der Waals surface area contributed by atoms with Gasteiger partial charge >= 0.3 is 0 Å². The molecular weight excluding hydrogens is 276 g/mol. The van der Waals surface area contributed by atoms with Crippen molar-refractivity contribution < 1.29 is 9.90 Å². The molecule has 122 valence electrons. The number of hydrogen-bond acceptors (Lipinski definition) is 3. The molecule has 1 saturated carbocycles. The van der Waals surface area contributed by atoms with Crippen molar-refractivity contribution in [3.63, 3.8) is 0 Å². The standard InChI is InChI=1S/C18H28N2O2/c1-4-20(14(2)3)16-9-7-15(8-10-16)17(21)19-13-18(22)11-5-6-12-18/h7-10,14,22H,4-6,11-13H2,1-3H3,(H,19,21). The van der Waals surface area contributed by atoms with Crippen LogP contribution in [-0.2, 0) is 0 Å². The number of carbonyl (C=O) groups excluding carboxylic acids is 1. The predicted molar refractivity (Wildman–Crippen MR) is 90.3 cm³/mol. The van der Waals surface area contributed by atoms with Crippen LogP contribution in [0.3, 0.4) is 0 Å². The number of nitrogens with one attached hydrogen (secondary N) is 1. The average Bonchev–Trinajstić information content (AvgIpc) is 2.93. The zero-order valence-corrected chi connectivity index (χ0v) is 13.9. The Morgan fingerprint density at radius 1 is 1.27 bits per heavy atom. The minimum Gasteiger partial charge on any atom is -0.388 e. The van der Waals surface area contributed by atoms with Gasteiger partial charge in [0.2, 0.25) is 0 Å². The molecule has 0 heterocycles. The third kappa shape index (κ3) is 4.01. The highest BCUT2D eigenvalue weighted by atomic mass is 16.3. The second kappa shape index (κ2) is 7.14. The molecule has 22 heavy (non-hydrogen) atoms. The van der Waals surface area contributed by atoms with Gasteiger partial charge in [-0.3, -0.25) is 4.79 Å². The molecule has 1 fully saturated rings. The Morgan fingerprint density at radius 2 is 1.86 bits per heavy atom. The van der Waals surface area contributed by atoms with Crippen molar-refractivity contribution in [3.05, 3.63) is 29.8 Å². The average molecular weight is 304 g/mol. The first-order valence-electron chi connectivity index (χ1n) is 8.32. The van der Waals surface area contributed by atoms with E-state index in [1.807, 2.05) is 24.3 Å². The van der Waals surface area contributed by atoms with Gasteiger partial charge in [-0.05, 0) is 57.9 Å². The van der Waals surface area contributed by atoms with Crippen molar-refractivity contribution in [3.8, 4) is 0 Å². The van der Waals surface area contributed by atoms with Crippen molar-refractivity contribution >= 4 is 11.6 Å². The summed E-state index contributed by atoms with van der Waals surface area (Å²) in [6.45, 7) is 7.73. The topological polar surface area (TPSA) is 52.6 Å². The second-order valence-corrected chi connectivity index (χ2v) is 6.54. The van der Waals surface area contributed by atoms with Gasteiger partial charge in [-0.15, -0.1) is 0 Å². The second-order valence-electron chi connectivity index (χ2n) is 6.54. The summed E-state index contributed by atoms with van der Waals surface area (Å²) in [7, 11) is 0. The Balaban J connectivity index is 1.96. The van der Waals surface area contributed by atoms with Crippen LogP contribution in [0.4, 0.5) is 5.69 Å². The Kier molecular flexibility index (Phi) is 5.46. The summed E-state index contributed by atoms with van der Waals surface area (Å²) in [6.07, 6.45) is 3.66. The minimum atomic E-state index is -0.702. The van der Waals surface area contributed by atoms with E-state index in [9.17, 15) is 9.90 Å². The zero-order valence-electron chi connectivity index (χ0n) is 13.9. The highest BCUT2D eigenvalue weighted by Gasteiger charge is 2.31. The van der Waals surface area contributed by atoms with Gasteiger partial charge in [0.1, 0.15) is 0 Å². The lowest BCUT2D eigenvalue weighted by Gasteiger charge is -2.27. The van der Waals surface area contributed by atoms with Crippen LogP contribution in [0.5, 0.6) is 0 Å². The highest BCUT2D eigenvalue weighted by molar-refractivity contribution is 5.94. The lowest BCUT2D eigenvalue weighted by Crippen LogP contribution is -2.40. The molecule has 0 aliphatic heterocycles. The molecule has 0 radical (unpaired) electrons. The fourth-order valence-electron chi connectivity index (χ4n) is 3.21. The van der Waals surface area contributed by atoms with Gasteiger partial charge in [-0.1, -0.05) is 12.8 Å². The van der Waals surface area contributed by atoms with E-state index in [1.165, 1.54) is 0 Å². The molecule has 1 aromatic rings. The van der Waals surface area contributed by atoms with Crippen LogP contribution in [-0.4, -0.2) is 35.7 Å². The maximum absolute atomic E-state index is 12.2. The molecule has 0 spiro atoms. The number of aliphatic hydroxyl groups is 1. The molecule has 1 aliphatic rings. The van der Waals surface area contributed by atoms with Crippen LogP contribution in [0.1, 0.15) is 56.8 Å². The van der Waals surface area contributed by atoms with E-state index >= 15 is 0 Å². The fourth-order valence-corrected chi connectivity index (χ4v) is 3.21. The lowest BCUT2D eigenvalue weighted by molar-refractivity contribution is 0.0449. The van der Waals surface area contributed by atoms with E-state index in [0.717, 1.165) is 37.9 Å². The summed E-state index contributed by atoms with van der Waals surface area (Å²) in [4.78, 5) is 14.5. The molecule has 1 aromatic carbocycles. The fraction of sp³-hybridized carbons (Fsp3) is 0.611. The summed E-state index contributed by atoms with van der Waals surface area (Å²) in [5.41, 5.74) is 1.07. The van der Waals surface area contributed by atoms with E-state index in [2.05, 4.69) is 31.0 Å². The lowest BCUT2D eigenvalue weighted by atomic mass is 10.0. The monoisotopic (exact) mass is 304 g/mol. The number of hydrogen-bond donors (Lipinski definition) is 2. The number of anilines is 1. The van der Waals surface area contributed by atoms with Crippen LogP contribution in [0.25, 0.3) is 0 Å². The van der Waals surface area contributed by atoms with E-state index in [4.69, 9.17) is 0 Å². The summed E-state index contributed by atoms with van der Waals surface area (Å²) >= 11 is 0. The molecule has 1 amide bonds. The van der Waals surface area contributed by atoms with Crippen LogP contribution >= 0.6 is 0 Å². The summed E-state index contributed by atoms with van der Waals surface area (Å²) < 4.78 is 0. The molecule has 0 saturated heterocycles. The first-order chi connectivity index (χ1) is 10.4. The Bertz CT molecular complexity index is 490. The van der Waals surface area contributed by atoms with Gasteiger partial charge in [0.05, 0.1) is 5.60 Å². The first-order valence-corrected chi connectivity index (χ1v) is 8.32. The van der Waals surface area contributed by atoms with Crippen molar-refractivity contribution in [1.29, 1.82) is 0 Å². The minimum absolute atomic E-state index is 0.112. The van der Waals surface area contributed by atoms with E-state index < -0.39 is 5.60 Å². The van der Waals surface area contributed by atoms with Gasteiger partial charge in [0.25, 0.3) is 5.91 Å². The van der Waals surface area contributed by atoms with E-state index in [1.54, 1.807) is 0 Å². The van der Waals surface area contributed by atoms with Crippen molar-refractivity contribution in [2.45, 2.75) is 58.1 Å². The molecule has 4 heteroatoms. The van der Waals surface area contributed by atoms with Crippen LogP contribution in [0.2, 0.25) is 0 Å². The summed E-state index contributed by atoms with van der Waals surface area (Å²) in [5.74, 6) is -0.112. The van der Waals surface area contributed by atoms with Crippen LogP contribution in [0.15, 0.2) is 24.3 Å². The quantitative estimate of drug-likeness (QED) is 0.849. The molecule has 0 unspecified atom stereocenters. The number of nitrogens with zero attached hydrogens (tertiary/aromatic N) is 1. The summed E-state index contributed by atoms with van der Waals surface area (Å²) in [6, 6.07) is 8.12. The van der Waals surface area contributed by atoms with Crippen molar-refractivity contribution in [2.75, 3.05) is 18.0 Å². The summed E-state index contributed by atoms with van der Waals surface area (Å²) in [5, 5.41) is 13.1. The van der Waals surface area contributed by atoms with Gasteiger partial charge in [0, 0.05) is 30.4 Å². The first kappa shape index (κ1) is 16.8. The third-order valence-electron chi connectivity index (χ3n) is 4.54. The normalized spacial score (nSPS) is 16.8. The molecule has 0 aromatic heterocycles. The molecule has 2 rings (SSSR count). The number of rotatable bonds is 6. The van der Waals surface area contributed by atoms with Crippen LogP contribution in [0, 0.1) is 0 Å². The van der Waals surface area contributed by atoms with E-state index in [-0.39, 0.29) is 5.91 Å². The van der Waals surface area contributed by atoms with E-state index in [0.29, 0.717) is 18.2 Å². The number of amides is 1. The molecule has 0 atom stereocenters. The van der Waals surface area contributed by atoms with Crippen molar-refractivity contribution in [1.82, 2.24) is 5.32 Å². The molecule has 0 bridgehead atoms. The number of carbonyl (C=O) groups is 1. The Hall–Kier alpha value is -1.55. The third-order valence-corrected chi connectivity index (χ3v) is 4.54. The maximum atomic E-state index is 12.2.